The van der Waals surface area contributed by atoms with E-state index < -0.39 is 23.9 Å². The Morgan fingerprint density at radius 2 is 1.75 bits per heavy atom. The minimum absolute atomic E-state index is 0.188. The van der Waals surface area contributed by atoms with Crippen molar-refractivity contribution in [3.63, 3.8) is 0 Å². The first-order chi connectivity index (χ1) is 15.4. The number of carbonyl (C=O) groups is 3. The van der Waals surface area contributed by atoms with E-state index in [9.17, 15) is 14.4 Å². The number of carbonyl (C=O) groups excluding carboxylic acids is 3. The summed E-state index contributed by atoms with van der Waals surface area (Å²) in [5.41, 5.74) is 2.25. The van der Waals surface area contributed by atoms with Crippen LogP contribution in [0.4, 0.5) is 11.4 Å². The number of nitrogens with one attached hydrogen (secondary N) is 1. The van der Waals surface area contributed by atoms with Gasteiger partial charge in [0.1, 0.15) is 12.3 Å². The minimum Gasteiger partial charge on any atom is -0.494 e. The van der Waals surface area contributed by atoms with Crippen molar-refractivity contribution in [2.45, 2.75) is 38.8 Å². The second kappa shape index (κ2) is 8.78. The van der Waals surface area contributed by atoms with Crippen LogP contribution in [0.25, 0.3) is 0 Å². The number of ether oxygens (including phenoxy) is 1. The van der Waals surface area contributed by atoms with Crippen LogP contribution in [0, 0.1) is 0 Å². The van der Waals surface area contributed by atoms with Crippen LogP contribution in [0.2, 0.25) is 0 Å². The molecule has 1 saturated heterocycles. The maximum Gasteiger partial charge on any atom is 0.263 e. The largest absolute Gasteiger partial charge is 0.494 e. The number of imide groups is 1. The van der Waals surface area contributed by atoms with Gasteiger partial charge in [0, 0.05) is 5.69 Å². The summed E-state index contributed by atoms with van der Waals surface area (Å²) < 4.78 is 5.40. The van der Waals surface area contributed by atoms with Crippen molar-refractivity contribution < 1.29 is 19.1 Å². The molecule has 0 bridgehead atoms. The minimum atomic E-state index is -0.952. The zero-order valence-electron chi connectivity index (χ0n) is 18.2. The van der Waals surface area contributed by atoms with Crippen LogP contribution in [-0.2, 0) is 14.4 Å². The molecule has 0 unspecified atom stereocenters. The van der Waals surface area contributed by atoms with Gasteiger partial charge >= 0.3 is 0 Å². The number of hydrogen-bond acceptors (Lipinski definition) is 7. The van der Waals surface area contributed by atoms with E-state index in [-0.39, 0.29) is 12.5 Å². The standard InChI is InChI=1S/C23H25N5O4/c1-4-32-18-11-9-17(10-12-18)28-22(30)20-21(23(28)31)27(26-25-20)13-19(29)24-16-7-5-15(6-8-16)14(2)3/h5-12,14,20-21H,4,13H2,1-3H3,(H,24,29)/t20-,21-/m0/s1. The molecule has 1 N–H and O–H groups in total. The lowest BCUT2D eigenvalue weighted by atomic mass is 10.0. The van der Waals surface area contributed by atoms with Gasteiger partial charge in [-0.15, -0.1) is 0 Å². The average molecular weight is 435 g/mol. The third kappa shape index (κ3) is 4.05. The Balaban J connectivity index is 1.43. The molecule has 0 radical (unpaired) electrons. The molecular formula is C23H25N5O4. The molecule has 2 aromatic rings. The zero-order valence-corrected chi connectivity index (χ0v) is 18.2. The molecule has 3 amide bonds. The van der Waals surface area contributed by atoms with Crippen molar-refractivity contribution in [3.05, 3.63) is 54.1 Å². The summed E-state index contributed by atoms with van der Waals surface area (Å²) in [5, 5.41) is 11.9. The maximum absolute atomic E-state index is 13.0. The summed E-state index contributed by atoms with van der Waals surface area (Å²) in [6.07, 6.45) is 0. The van der Waals surface area contributed by atoms with Crippen molar-refractivity contribution >= 4 is 29.1 Å². The van der Waals surface area contributed by atoms with Crippen molar-refractivity contribution in [2.24, 2.45) is 10.3 Å². The fourth-order valence-corrected chi connectivity index (χ4v) is 3.77. The van der Waals surface area contributed by atoms with E-state index in [4.69, 9.17) is 4.74 Å². The second-order valence-electron chi connectivity index (χ2n) is 7.96. The highest BCUT2D eigenvalue weighted by molar-refractivity contribution is 6.25. The molecule has 0 saturated carbocycles. The van der Waals surface area contributed by atoms with Crippen LogP contribution >= 0.6 is 0 Å². The van der Waals surface area contributed by atoms with Crippen LogP contribution in [0.3, 0.4) is 0 Å². The van der Waals surface area contributed by atoms with Gasteiger partial charge in [-0.1, -0.05) is 31.2 Å². The fourth-order valence-electron chi connectivity index (χ4n) is 3.77. The Bertz CT molecular complexity index is 1050. The van der Waals surface area contributed by atoms with E-state index in [2.05, 4.69) is 29.5 Å². The van der Waals surface area contributed by atoms with Crippen LogP contribution < -0.4 is 15.0 Å². The first-order valence-corrected chi connectivity index (χ1v) is 10.6. The summed E-state index contributed by atoms with van der Waals surface area (Å²) >= 11 is 0. The molecule has 0 aromatic heterocycles. The number of nitrogens with zero attached hydrogens (tertiary/aromatic N) is 4. The Morgan fingerprint density at radius 3 is 2.38 bits per heavy atom. The zero-order chi connectivity index (χ0) is 22.8. The lowest BCUT2D eigenvalue weighted by molar-refractivity contribution is -0.123. The van der Waals surface area contributed by atoms with Gasteiger partial charge in [-0.05, 0) is 54.8 Å². The van der Waals surface area contributed by atoms with Gasteiger partial charge < -0.3 is 10.1 Å². The number of rotatable bonds is 7. The third-order valence-electron chi connectivity index (χ3n) is 5.43. The second-order valence-corrected chi connectivity index (χ2v) is 7.96. The third-order valence-corrected chi connectivity index (χ3v) is 5.43. The van der Waals surface area contributed by atoms with Gasteiger partial charge in [0.25, 0.3) is 11.8 Å². The molecule has 0 spiro atoms. The van der Waals surface area contributed by atoms with E-state index >= 15 is 0 Å². The molecule has 2 atom stereocenters. The van der Waals surface area contributed by atoms with Crippen LogP contribution in [0.1, 0.15) is 32.3 Å². The number of hydrogen-bond donors (Lipinski definition) is 1. The highest BCUT2D eigenvalue weighted by atomic mass is 16.5. The molecule has 9 nitrogen and oxygen atoms in total. The SMILES string of the molecule is CCOc1ccc(N2C(=O)[C@H]3N=NN(CC(=O)Nc4ccc(C(C)C)cc4)[C@@H]3C2=O)cc1. The average Bonchev–Trinajstić information content (AvgIpc) is 3.29. The van der Waals surface area contributed by atoms with Gasteiger partial charge in [0.2, 0.25) is 5.91 Å². The van der Waals surface area contributed by atoms with Crippen LogP contribution in [0.5, 0.6) is 5.75 Å². The van der Waals surface area contributed by atoms with Gasteiger partial charge in [0.05, 0.1) is 12.3 Å². The molecular weight excluding hydrogens is 410 g/mol. The van der Waals surface area contributed by atoms with E-state index in [0.717, 1.165) is 4.90 Å². The Kier molecular flexibility index (Phi) is 5.89. The lowest BCUT2D eigenvalue weighted by Gasteiger charge is -2.20. The van der Waals surface area contributed by atoms with Gasteiger partial charge in [-0.3, -0.25) is 19.4 Å². The summed E-state index contributed by atoms with van der Waals surface area (Å²) in [7, 11) is 0. The molecule has 1 fully saturated rings. The molecule has 2 aliphatic heterocycles. The summed E-state index contributed by atoms with van der Waals surface area (Å²) in [5.74, 6) is -0.217. The summed E-state index contributed by atoms with van der Waals surface area (Å²) in [4.78, 5) is 39.5. The van der Waals surface area contributed by atoms with Crippen LogP contribution in [0.15, 0.2) is 58.9 Å². The number of anilines is 2. The van der Waals surface area contributed by atoms with E-state index in [0.29, 0.717) is 29.6 Å². The van der Waals surface area contributed by atoms with Crippen molar-refractivity contribution in [2.75, 3.05) is 23.4 Å². The lowest BCUT2D eigenvalue weighted by Crippen LogP contribution is -2.43. The molecule has 32 heavy (non-hydrogen) atoms. The topological polar surface area (TPSA) is 104 Å². The van der Waals surface area contributed by atoms with E-state index in [1.807, 2.05) is 31.2 Å². The fraction of sp³-hybridized carbons (Fsp3) is 0.348. The maximum atomic E-state index is 13.0. The molecule has 2 heterocycles. The molecule has 0 aliphatic carbocycles. The van der Waals surface area contributed by atoms with Crippen molar-refractivity contribution in [1.29, 1.82) is 0 Å². The van der Waals surface area contributed by atoms with E-state index in [1.165, 1.54) is 10.6 Å². The summed E-state index contributed by atoms with van der Waals surface area (Å²) in [6.45, 7) is 6.40. The highest BCUT2D eigenvalue weighted by Crippen LogP contribution is 2.32. The number of benzene rings is 2. The van der Waals surface area contributed by atoms with E-state index in [1.54, 1.807) is 24.3 Å². The molecule has 2 aliphatic rings. The highest BCUT2D eigenvalue weighted by Gasteiger charge is 2.55. The van der Waals surface area contributed by atoms with Crippen molar-refractivity contribution in [3.8, 4) is 5.75 Å². The monoisotopic (exact) mass is 435 g/mol. The Morgan fingerprint density at radius 1 is 1.06 bits per heavy atom. The quantitative estimate of drug-likeness (QED) is 0.673. The van der Waals surface area contributed by atoms with Crippen molar-refractivity contribution in [1.82, 2.24) is 5.01 Å². The van der Waals surface area contributed by atoms with Gasteiger partial charge in [-0.25, -0.2) is 4.90 Å². The smallest absolute Gasteiger partial charge is 0.263 e. The Hall–Kier alpha value is -3.75. The normalized spacial score (nSPS) is 19.6. The van der Waals surface area contributed by atoms with Crippen LogP contribution in [-0.4, -0.2) is 48.0 Å². The first-order valence-electron chi connectivity index (χ1n) is 10.6. The predicted molar refractivity (Wildman–Crippen MR) is 118 cm³/mol. The number of fused-ring (bicyclic) bond motifs is 1. The molecule has 9 heteroatoms. The Labute approximate surface area is 186 Å². The van der Waals surface area contributed by atoms with Gasteiger partial charge in [0.15, 0.2) is 12.1 Å². The number of amides is 3. The predicted octanol–water partition coefficient (Wildman–Crippen LogP) is 3.14. The summed E-state index contributed by atoms with van der Waals surface area (Å²) in [6, 6.07) is 12.4. The van der Waals surface area contributed by atoms with Gasteiger partial charge in [-0.2, -0.15) is 5.11 Å². The molecule has 4 rings (SSSR count). The molecule has 2 aromatic carbocycles. The molecule has 166 valence electrons. The first kappa shape index (κ1) is 21.5.